The smallest absolute Gasteiger partial charge is 0.251 e. The number of hydrogen-bond acceptors (Lipinski definition) is 16. The molecule has 2 fully saturated rings. The molecule has 6 aromatic rings. The Morgan fingerprint density at radius 1 is 0.516 bits per heavy atom. The molecule has 4 aliphatic rings. The van der Waals surface area contributed by atoms with E-state index in [1.54, 1.807) is 58.2 Å². The van der Waals surface area contributed by atoms with Crippen LogP contribution in [0.4, 0.5) is 11.4 Å². The van der Waals surface area contributed by atoms with Crippen LogP contribution >= 0.6 is 0 Å². The number of anilines is 2. The van der Waals surface area contributed by atoms with Gasteiger partial charge in [-0.3, -0.25) is 29.5 Å². The first-order valence-corrected chi connectivity index (χ1v) is 22.2. The summed E-state index contributed by atoms with van der Waals surface area (Å²) >= 11 is 0. The third-order valence-corrected chi connectivity index (χ3v) is 12.3. The monoisotopic (exact) mass is 872 g/mol. The van der Waals surface area contributed by atoms with E-state index in [2.05, 4.69) is 40.4 Å². The molecule has 0 amide bonds. The maximum atomic E-state index is 12.4. The van der Waals surface area contributed by atoms with Gasteiger partial charge >= 0.3 is 0 Å². The van der Waals surface area contributed by atoms with Gasteiger partial charge in [0.25, 0.3) is 11.1 Å². The zero-order chi connectivity index (χ0) is 43.8. The quantitative estimate of drug-likeness (QED) is 0.139. The zero-order valence-electron chi connectivity index (χ0n) is 36.0. The van der Waals surface area contributed by atoms with E-state index >= 15 is 0 Å². The molecule has 336 valence electrons. The highest BCUT2D eigenvalue weighted by molar-refractivity contribution is 5.78. The first-order valence-electron chi connectivity index (χ1n) is 22.2. The molecule has 0 bridgehead atoms. The van der Waals surface area contributed by atoms with E-state index in [1.807, 2.05) is 24.3 Å². The summed E-state index contributed by atoms with van der Waals surface area (Å²) in [6, 6.07) is 15.1. The van der Waals surface area contributed by atoms with Crippen molar-refractivity contribution in [1.82, 2.24) is 49.5 Å². The van der Waals surface area contributed by atoms with Crippen molar-refractivity contribution >= 4 is 33.4 Å². The first-order chi connectivity index (χ1) is 31.3. The van der Waals surface area contributed by atoms with Gasteiger partial charge in [0.05, 0.1) is 69.6 Å². The number of nitrogens with one attached hydrogen (secondary N) is 2. The molecule has 6 N–H and O–H groups in total. The Morgan fingerprint density at radius 3 is 1.34 bits per heavy atom. The van der Waals surface area contributed by atoms with Crippen molar-refractivity contribution in [3.05, 3.63) is 105 Å². The molecule has 18 nitrogen and oxygen atoms in total. The fraction of sp³-hybridized carbons (Fsp3) is 0.435. The number of nitrogens with two attached hydrogens (primary N) is 2. The van der Waals surface area contributed by atoms with Crippen LogP contribution in [0.15, 0.2) is 82.9 Å². The van der Waals surface area contributed by atoms with E-state index in [-0.39, 0.29) is 11.1 Å². The van der Waals surface area contributed by atoms with E-state index in [0.717, 1.165) is 121 Å². The molecule has 0 spiro atoms. The summed E-state index contributed by atoms with van der Waals surface area (Å²) < 4.78 is 25.9. The molecule has 4 aliphatic heterocycles. The van der Waals surface area contributed by atoms with Gasteiger partial charge in [-0.05, 0) is 76.1 Å². The summed E-state index contributed by atoms with van der Waals surface area (Å²) in [7, 11) is 0. The highest BCUT2D eigenvalue weighted by Crippen LogP contribution is 2.30. The molecule has 0 aromatic carbocycles. The van der Waals surface area contributed by atoms with E-state index < -0.39 is 0 Å². The fourth-order valence-electron chi connectivity index (χ4n) is 8.70. The minimum atomic E-state index is -0.0200. The van der Waals surface area contributed by atoms with Crippen LogP contribution in [0.1, 0.15) is 37.1 Å². The Bertz CT molecular complexity index is 2500. The van der Waals surface area contributed by atoms with Crippen LogP contribution in [0, 0.1) is 0 Å². The number of pyridine rings is 6. The molecule has 0 saturated carbocycles. The van der Waals surface area contributed by atoms with Crippen molar-refractivity contribution in [2.75, 3.05) is 77.2 Å². The number of hydrogen-bond donors (Lipinski definition) is 4. The summed E-state index contributed by atoms with van der Waals surface area (Å²) in [5, 5.41) is 7.23. The SMILES string of the molecule is Nc1cnc2ccc(=O)n(CCN3CCC(NCc4cc5c(cn4)OCCO5)CC3)c2c1.Nc1cnc2ccc(=O)n(CCN3CCC(NCc4cc5c(cn4)OCCO5)CC3)c2c1. The molecular formula is C46H56N12O6. The summed E-state index contributed by atoms with van der Waals surface area (Å²) in [5.74, 6) is 2.99. The van der Waals surface area contributed by atoms with Crippen molar-refractivity contribution in [2.45, 2.75) is 63.9 Å². The lowest BCUT2D eigenvalue weighted by Gasteiger charge is -2.32. The van der Waals surface area contributed by atoms with Crippen molar-refractivity contribution in [3.8, 4) is 23.0 Å². The second-order valence-electron chi connectivity index (χ2n) is 16.6. The van der Waals surface area contributed by atoms with Crippen LogP contribution in [0.2, 0.25) is 0 Å². The molecule has 6 aromatic heterocycles. The predicted molar refractivity (Wildman–Crippen MR) is 244 cm³/mol. The van der Waals surface area contributed by atoms with Crippen molar-refractivity contribution < 1.29 is 18.9 Å². The van der Waals surface area contributed by atoms with Crippen LogP contribution in [0.25, 0.3) is 22.1 Å². The number of ether oxygens (including phenoxy) is 4. The van der Waals surface area contributed by atoms with Gasteiger partial charge in [-0.2, -0.15) is 0 Å². The fourth-order valence-corrected chi connectivity index (χ4v) is 8.70. The Hall–Kier alpha value is -6.34. The third-order valence-electron chi connectivity index (χ3n) is 12.3. The van der Waals surface area contributed by atoms with Crippen LogP contribution < -0.4 is 52.2 Å². The van der Waals surface area contributed by atoms with Gasteiger partial charge in [-0.15, -0.1) is 0 Å². The Kier molecular flexibility index (Phi) is 13.4. The van der Waals surface area contributed by atoms with Gasteiger partial charge < -0.3 is 60.0 Å². The lowest BCUT2D eigenvalue weighted by molar-refractivity contribution is 0.170. The second-order valence-corrected chi connectivity index (χ2v) is 16.6. The maximum absolute atomic E-state index is 12.4. The molecule has 10 rings (SSSR count). The molecule has 64 heavy (non-hydrogen) atoms. The molecule has 0 radical (unpaired) electrons. The number of piperidine rings is 2. The van der Waals surface area contributed by atoms with Gasteiger partial charge in [0.1, 0.15) is 26.4 Å². The summed E-state index contributed by atoms with van der Waals surface area (Å²) in [6.45, 7) is 10.6. The lowest BCUT2D eigenvalue weighted by Crippen LogP contribution is -2.43. The van der Waals surface area contributed by atoms with Gasteiger partial charge in [0, 0.05) is 75.6 Å². The zero-order valence-corrected chi connectivity index (χ0v) is 36.0. The minimum absolute atomic E-state index is 0.0200. The standard InChI is InChI=1S/2C23H28N6O3/c2*24-16-11-20-19(27-13-16)1-2-23(30)29(20)8-7-28-5-3-17(4-6-28)25-14-18-12-21-22(15-26-18)32-10-9-31-21/h2*1-2,11-13,15,17,25H,3-10,14,24H2. The Morgan fingerprint density at radius 2 is 0.922 bits per heavy atom. The number of likely N-dealkylation sites (tertiary alicyclic amines) is 2. The van der Waals surface area contributed by atoms with Crippen LogP contribution in [0.3, 0.4) is 0 Å². The number of aromatic nitrogens is 6. The van der Waals surface area contributed by atoms with Crippen LogP contribution in [-0.2, 0) is 26.2 Å². The largest absolute Gasteiger partial charge is 0.486 e. The van der Waals surface area contributed by atoms with Gasteiger partial charge in [-0.1, -0.05) is 0 Å². The van der Waals surface area contributed by atoms with Crippen molar-refractivity contribution in [3.63, 3.8) is 0 Å². The normalized spacial score (nSPS) is 17.0. The topological polar surface area (TPSA) is 215 Å². The highest BCUT2D eigenvalue weighted by Gasteiger charge is 2.22. The average molecular weight is 873 g/mol. The number of nitrogens with zero attached hydrogens (tertiary/aromatic N) is 8. The first kappa shape index (κ1) is 42.9. The van der Waals surface area contributed by atoms with E-state index in [4.69, 9.17) is 30.4 Å². The van der Waals surface area contributed by atoms with Gasteiger partial charge in [-0.25, -0.2) is 0 Å². The van der Waals surface area contributed by atoms with E-state index in [9.17, 15) is 9.59 Å². The van der Waals surface area contributed by atoms with Gasteiger partial charge in [0.15, 0.2) is 23.0 Å². The van der Waals surface area contributed by atoms with E-state index in [0.29, 0.717) is 76.1 Å². The molecule has 0 aliphatic carbocycles. The molecule has 18 heteroatoms. The third kappa shape index (κ3) is 10.5. The summed E-state index contributed by atoms with van der Waals surface area (Å²) in [6.07, 6.45) is 11.0. The number of nitrogen functional groups attached to an aromatic ring is 2. The number of rotatable bonds is 12. The Labute approximate surface area is 370 Å². The van der Waals surface area contributed by atoms with Crippen LogP contribution in [0.5, 0.6) is 23.0 Å². The molecule has 2 saturated heterocycles. The highest BCUT2D eigenvalue weighted by atomic mass is 16.6. The van der Waals surface area contributed by atoms with E-state index in [1.165, 1.54) is 0 Å². The average Bonchev–Trinajstić information content (AvgIpc) is 3.33. The number of fused-ring (bicyclic) bond motifs is 4. The molecular weight excluding hydrogens is 817 g/mol. The maximum Gasteiger partial charge on any atom is 0.251 e. The van der Waals surface area contributed by atoms with Crippen molar-refractivity contribution in [1.29, 1.82) is 0 Å². The van der Waals surface area contributed by atoms with Crippen LogP contribution in [-0.4, -0.2) is 117 Å². The summed E-state index contributed by atoms with van der Waals surface area (Å²) in [4.78, 5) is 47.3. The van der Waals surface area contributed by atoms with Crippen molar-refractivity contribution in [2.24, 2.45) is 0 Å². The Balaban J connectivity index is 0.000000162. The van der Waals surface area contributed by atoms with Gasteiger partial charge in [0.2, 0.25) is 0 Å². The summed E-state index contributed by atoms with van der Waals surface area (Å²) in [5.41, 5.74) is 17.9. The molecule has 0 atom stereocenters. The lowest BCUT2D eigenvalue weighted by atomic mass is 10.0. The molecule has 0 unspecified atom stereocenters. The minimum Gasteiger partial charge on any atom is -0.486 e. The molecule has 10 heterocycles. The second kappa shape index (κ2) is 20.0. The predicted octanol–water partition coefficient (Wildman–Crippen LogP) is 2.80.